The summed E-state index contributed by atoms with van der Waals surface area (Å²) in [5, 5.41) is 0. The van der Waals surface area contributed by atoms with Crippen LogP contribution < -0.4 is 0 Å². The molecule has 0 saturated carbocycles. The fourth-order valence-corrected chi connectivity index (χ4v) is 1.66. The zero-order chi connectivity index (χ0) is 11.1. The van der Waals surface area contributed by atoms with Crippen LogP contribution in [-0.4, -0.2) is 38.8 Å². The van der Waals surface area contributed by atoms with Crippen molar-refractivity contribution in [1.82, 2.24) is 0 Å². The fourth-order valence-electron chi connectivity index (χ4n) is 1.05. The summed E-state index contributed by atoms with van der Waals surface area (Å²) < 4.78 is 6.46. The highest BCUT2D eigenvalue weighted by molar-refractivity contribution is 7.93. The van der Waals surface area contributed by atoms with E-state index in [9.17, 15) is 0 Å². The second kappa shape index (κ2) is 6.16. The van der Waals surface area contributed by atoms with Gasteiger partial charge in [-0.15, -0.1) is 0 Å². The van der Waals surface area contributed by atoms with Gasteiger partial charge in [-0.1, -0.05) is 30.3 Å². The van der Waals surface area contributed by atoms with Crippen molar-refractivity contribution < 1.29 is 8.67 Å². The van der Waals surface area contributed by atoms with E-state index in [-0.39, 0.29) is 0 Å². The van der Waals surface area contributed by atoms with Crippen molar-refractivity contribution in [2.45, 2.75) is 5.75 Å². The summed E-state index contributed by atoms with van der Waals surface area (Å²) in [6.07, 6.45) is 0. The van der Waals surface area contributed by atoms with E-state index < -0.39 is 0 Å². The molecule has 0 fully saturated rings. The SMILES string of the molecule is C[N+](C)(C)CCOSCc1ccccc1. The van der Waals surface area contributed by atoms with Gasteiger partial charge in [0.05, 0.1) is 21.1 Å². The number of hydrogen-bond acceptors (Lipinski definition) is 2. The Hall–Kier alpha value is -0.510. The average Bonchev–Trinajstić information content (AvgIpc) is 2.17. The molecule has 1 rings (SSSR count). The molecule has 1 aromatic rings. The van der Waals surface area contributed by atoms with Crippen LogP contribution >= 0.6 is 12.0 Å². The van der Waals surface area contributed by atoms with E-state index >= 15 is 0 Å². The van der Waals surface area contributed by atoms with Crippen LogP contribution in [0.25, 0.3) is 0 Å². The lowest BCUT2D eigenvalue weighted by Gasteiger charge is -2.23. The summed E-state index contributed by atoms with van der Waals surface area (Å²) in [7, 11) is 6.52. The molecule has 0 N–H and O–H groups in total. The van der Waals surface area contributed by atoms with Gasteiger partial charge in [0.25, 0.3) is 0 Å². The summed E-state index contributed by atoms with van der Waals surface area (Å²) in [6, 6.07) is 10.4. The first-order valence-electron chi connectivity index (χ1n) is 5.17. The van der Waals surface area contributed by atoms with Crippen molar-refractivity contribution in [3.8, 4) is 0 Å². The lowest BCUT2D eigenvalue weighted by molar-refractivity contribution is -0.870. The molecule has 0 radical (unpaired) electrons. The van der Waals surface area contributed by atoms with Gasteiger partial charge in [0.2, 0.25) is 0 Å². The minimum Gasteiger partial charge on any atom is -0.329 e. The summed E-state index contributed by atoms with van der Waals surface area (Å²) in [5.41, 5.74) is 1.31. The minimum absolute atomic E-state index is 0.807. The van der Waals surface area contributed by atoms with Crippen LogP contribution in [0.3, 0.4) is 0 Å². The van der Waals surface area contributed by atoms with Gasteiger partial charge in [-0.3, -0.25) is 0 Å². The minimum atomic E-state index is 0.807. The maximum atomic E-state index is 5.51. The van der Waals surface area contributed by atoms with Crippen molar-refractivity contribution in [3.63, 3.8) is 0 Å². The first-order chi connectivity index (χ1) is 7.08. The normalized spacial score (nSPS) is 11.7. The maximum absolute atomic E-state index is 5.51. The lowest BCUT2D eigenvalue weighted by atomic mass is 10.2. The smallest absolute Gasteiger partial charge is 0.110 e. The molecule has 1 aromatic carbocycles. The maximum Gasteiger partial charge on any atom is 0.110 e. The zero-order valence-electron chi connectivity index (χ0n) is 9.77. The summed E-state index contributed by atoms with van der Waals surface area (Å²) in [5.74, 6) is 0.929. The zero-order valence-corrected chi connectivity index (χ0v) is 10.6. The van der Waals surface area contributed by atoms with Crippen LogP contribution in [-0.2, 0) is 9.94 Å². The highest BCUT2D eigenvalue weighted by atomic mass is 32.2. The van der Waals surface area contributed by atoms with Crippen molar-refractivity contribution in [2.75, 3.05) is 34.3 Å². The molecule has 84 valence electrons. The summed E-state index contributed by atoms with van der Waals surface area (Å²) in [6.45, 7) is 1.85. The molecule has 0 bridgehead atoms. The van der Waals surface area contributed by atoms with Gasteiger partial charge in [0.1, 0.15) is 13.2 Å². The Morgan fingerprint density at radius 2 is 1.80 bits per heavy atom. The largest absolute Gasteiger partial charge is 0.329 e. The molecule has 0 saturated heterocycles. The first kappa shape index (κ1) is 12.6. The number of nitrogens with zero attached hydrogens (tertiary/aromatic N) is 1. The second-order valence-corrected chi connectivity index (χ2v) is 5.34. The number of benzene rings is 1. The molecule has 0 spiro atoms. The second-order valence-electron chi connectivity index (χ2n) is 4.58. The van der Waals surface area contributed by atoms with E-state index in [4.69, 9.17) is 4.18 Å². The standard InChI is InChI=1S/C12H20NOS/c1-13(2,3)9-10-14-15-11-12-7-5-4-6-8-12/h4-8H,9-11H2,1-3H3/q+1. The van der Waals surface area contributed by atoms with Gasteiger partial charge >= 0.3 is 0 Å². The predicted octanol–water partition coefficient (Wildman–Crippen LogP) is 2.56. The van der Waals surface area contributed by atoms with Crippen LogP contribution in [0.5, 0.6) is 0 Å². The molecule has 15 heavy (non-hydrogen) atoms. The lowest BCUT2D eigenvalue weighted by Crippen LogP contribution is -2.37. The van der Waals surface area contributed by atoms with Crippen LogP contribution in [0.2, 0.25) is 0 Å². The number of likely N-dealkylation sites (N-methyl/N-ethyl adjacent to an activating group) is 1. The Morgan fingerprint density at radius 3 is 2.40 bits per heavy atom. The topological polar surface area (TPSA) is 9.23 Å². The van der Waals surface area contributed by atoms with E-state index in [1.807, 2.05) is 6.07 Å². The van der Waals surface area contributed by atoms with E-state index in [1.165, 1.54) is 17.6 Å². The monoisotopic (exact) mass is 226 g/mol. The van der Waals surface area contributed by atoms with Gasteiger partial charge in [-0.25, -0.2) is 0 Å². The molecule has 0 aliphatic heterocycles. The van der Waals surface area contributed by atoms with E-state index in [0.29, 0.717) is 0 Å². The van der Waals surface area contributed by atoms with Gasteiger partial charge < -0.3 is 8.67 Å². The Kier molecular flexibility index (Phi) is 5.15. The van der Waals surface area contributed by atoms with Gasteiger partial charge in [-0.05, 0) is 17.6 Å². The van der Waals surface area contributed by atoms with Gasteiger partial charge in [0, 0.05) is 5.75 Å². The third-order valence-electron chi connectivity index (χ3n) is 2.00. The van der Waals surface area contributed by atoms with Crippen molar-refractivity contribution in [2.24, 2.45) is 0 Å². The Labute approximate surface area is 97.0 Å². The van der Waals surface area contributed by atoms with Crippen LogP contribution in [0, 0.1) is 0 Å². The Morgan fingerprint density at radius 1 is 1.13 bits per heavy atom. The number of hydrogen-bond donors (Lipinski definition) is 0. The average molecular weight is 226 g/mol. The number of rotatable bonds is 6. The van der Waals surface area contributed by atoms with Crippen LogP contribution in [0.15, 0.2) is 30.3 Å². The predicted molar refractivity (Wildman–Crippen MR) is 66.6 cm³/mol. The highest BCUT2D eigenvalue weighted by Crippen LogP contribution is 2.12. The first-order valence-corrected chi connectivity index (χ1v) is 6.08. The van der Waals surface area contributed by atoms with Crippen molar-refractivity contribution in [3.05, 3.63) is 35.9 Å². The van der Waals surface area contributed by atoms with Gasteiger partial charge in [-0.2, -0.15) is 0 Å². The van der Waals surface area contributed by atoms with E-state index in [2.05, 4.69) is 45.4 Å². The Balaban J connectivity index is 2.08. The molecule has 0 aromatic heterocycles. The quantitative estimate of drug-likeness (QED) is 0.419. The third kappa shape index (κ3) is 6.55. The van der Waals surface area contributed by atoms with E-state index in [0.717, 1.165) is 23.4 Å². The molecule has 3 heteroatoms. The Bertz CT molecular complexity index is 269. The summed E-state index contributed by atoms with van der Waals surface area (Å²) >= 11 is 1.54. The summed E-state index contributed by atoms with van der Waals surface area (Å²) in [4.78, 5) is 0. The molecule has 0 aliphatic rings. The molecule has 0 aliphatic carbocycles. The van der Waals surface area contributed by atoms with Crippen molar-refractivity contribution in [1.29, 1.82) is 0 Å². The van der Waals surface area contributed by atoms with Crippen LogP contribution in [0.1, 0.15) is 5.56 Å². The van der Waals surface area contributed by atoms with E-state index in [1.54, 1.807) is 0 Å². The fraction of sp³-hybridized carbons (Fsp3) is 0.500. The molecular formula is C12H20NOS+. The molecule has 2 nitrogen and oxygen atoms in total. The number of quaternary nitrogens is 1. The molecular weight excluding hydrogens is 206 g/mol. The molecule has 0 heterocycles. The molecule has 0 unspecified atom stereocenters. The third-order valence-corrected chi connectivity index (χ3v) is 2.78. The molecule has 0 atom stereocenters. The molecule has 0 amide bonds. The highest BCUT2D eigenvalue weighted by Gasteiger charge is 2.05. The van der Waals surface area contributed by atoms with Crippen molar-refractivity contribution >= 4 is 12.0 Å². The van der Waals surface area contributed by atoms with Crippen LogP contribution in [0.4, 0.5) is 0 Å². The van der Waals surface area contributed by atoms with Gasteiger partial charge in [0.15, 0.2) is 0 Å².